The summed E-state index contributed by atoms with van der Waals surface area (Å²) in [6.07, 6.45) is 1.23. The van der Waals surface area contributed by atoms with Crippen molar-refractivity contribution < 1.29 is 14.2 Å². The SMILES string of the molecule is COCCOc1cc2[nH]ncc(=O)c2cc1OC. The van der Waals surface area contributed by atoms with Crippen molar-refractivity contribution in [3.8, 4) is 11.5 Å². The third-order valence-electron chi connectivity index (χ3n) is 2.48. The van der Waals surface area contributed by atoms with Gasteiger partial charge in [0.15, 0.2) is 11.5 Å². The highest BCUT2D eigenvalue weighted by Gasteiger charge is 2.09. The van der Waals surface area contributed by atoms with E-state index in [2.05, 4.69) is 10.2 Å². The lowest BCUT2D eigenvalue weighted by Crippen LogP contribution is -2.07. The number of nitrogens with one attached hydrogen (secondary N) is 1. The Balaban J connectivity index is 2.43. The van der Waals surface area contributed by atoms with Gasteiger partial charge in [-0.2, -0.15) is 5.10 Å². The molecule has 0 spiro atoms. The van der Waals surface area contributed by atoms with Gasteiger partial charge in [-0.1, -0.05) is 0 Å². The van der Waals surface area contributed by atoms with Crippen LogP contribution in [0.3, 0.4) is 0 Å². The summed E-state index contributed by atoms with van der Waals surface area (Å²) in [6, 6.07) is 3.33. The van der Waals surface area contributed by atoms with E-state index in [1.807, 2.05) is 0 Å². The fourth-order valence-corrected chi connectivity index (χ4v) is 1.59. The van der Waals surface area contributed by atoms with E-state index in [0.29, 0.717) is 35.6 Å². The highest BCUT2D eigenvalue weighted by molar-refractivity contribution is 5.81. The molecule has 0 unspecified atom stereocenters. The average Bonchev–Trinajstić information content (AvgIpc) is 2.39. The Morgan fingerprint density at radius 2 is 2.06 bits per heavy atom. The molecule has 6 nitrogen and oxygen atoms in total. The first-order chi connectivity index (χ1) is 8.76. The second-order valence-electron chi connectivity index (χ2n) is 3.62. The fourth-order valence-electron chi connectivity index (χ4n) is 1.59. The Labute approximate surface area is 103 Å². The molecule has 2 rings (SSSR count). The number of hydrogen-bond donors (Lipinski definition) is 1. The monoisotopic (exact) mass is 250 g/mol. The van der Waals surface area contributed by atoms with Gasteiger partial charge in [0.05, 0.1) is 30.8 Å². The van der Waals surface area contributed by atoms with Crippen LogP contribution in [-0.4, -0.2) is 37.6 Å². The first-order valence-corrected chi connectivity index (χ1v) is 5.43. The smallest absolute Gasteiger partial charge is 0.208 e. The molecule has 0 fully saturated rings. The second-order valence-corrected chi connectivity index (χ2v) is 3.62. The molecule has 0 radical (unpaired) electrons. The van der Waals surface area contributed by atoms with Gasteiger partial charge in [-0.3, -0.25) is 9.89 Å². The second kappa shape index (κ2) is 5.50. The first kappa shape index (κ1) is 12.4. The van der Waals surface area contributed by atoms with Crippen molar-refractivity contribution in [2.45, 2.75) is 0 Å². The molecule has 2 aromatic rings. The van der Waals surface area contributed by atoms with Crippen molar-refractivity contribution in [2.24, 2.45) is 0 Å². The number of aromatic amines is 1. The average molecular weight is 250 g/mol. The van der Waals surface area contributed by atoms with Crippen LogP contribution < -0.4 is 14.9 Å². The van der Waals surface area contributed by atoms with Gasteiger partial charge in [-0.25, -0.2) is 0 Å². The van der Waals surface area contributed by atoms with Crippen LogP contribution >= 0.6 is 0 Å². The number of hydrogen-bond acceptors (Lipinski definition) is 5. The molecule has 0 saturated carbocycles. The number of benzene rings is 1. The summed E-state index contributed by atoms with van der Waals surface area (Å²) >= 11 is 0. The van der Waals surface area contributed by atoms with Crippen molar-refractivity contribution in [3.05, 3.63) is 28.6 Å². The maximum absolute atomic E-state index is 11.6. The van der Waals surface area contributed by atoms with Crippen LogP contribution in [0, 0.1) is 0 Å². The zero-order valence-corrected chi connectivity index (χ0v) is 10.2. The van der Waals surface area contributed by atoms with Crippen molar-refractivity contribution >= 4 is 10.9 Å². The molecule has 1 aromatic carbocycles. The molecule has 0 amide bonds. The first-order valence-electron chi connectivity index (χ1n) is 5.43. The van der Waals surface area contributed by atoms with Crippen LogP contribution in [0.25, 0.3) is 10.9 Å². The lowest BCUT2D eigenvalue weighted by Gasteiger charge is -2.11. The summed E-state index contributed by atoms with van der Waals surface area (Å²) in [4.78, 5) is 11.6. The Morgan fingerprint density at radius 3 is 2.78 bits per heavy atom. The summed E-state index contributed by atoms with van der Waals surface area (Å²) in [6.45, 7) is 0.883. The van der Waals surface area contributed by atoms with E-state index in [1.54, 1.807) is 19.2 Å². The third kappa shape index (κ3) is 2.43. The van der Waals surface area contributed by atoms with Gasteiger partial charge in [-0.05, 0) is 6.07 Å². The zero-order chi connectivity index (χ0) is 13.0. The summed E-state index contributed by atoms with van der Waals surface area (Å²) in [5, 5.41) is 7.02. The van der Waals surface area contributed by atoms with Gasteiger partial charge in [0.2, 0.25) is 5.43 Å². The largest absolute Gasteiger partial charge is 0.493 e. The van der Waals surface area contributed by atoms with Gasteiger partial charge >= 0.3 is 0 Å². The van der Waals surface area contributed by atoms with Crippen LogP contribution in [0.15, 0.2) is 23.1 Å². The standard InChI is InChI=1S/C12H14N2O4/c1-16-3-4-18-12-6-9-8(5-11(12)17-2)10(15)7-13-14-9/h5-7H,3-4H2,1-2H3,(H,14,15). The molecule has 0 aliphatic rings. The van der Waals surface area contributed by atoms with Gasteiger partial charge < -0.3 is 14.2 Å². The summed E-state index contributed by atoms with van der Waals surface area (Å²) in [7, 11) is 3.13. The molecule has 96 valence electrons. The number of H-pyrrole nitrogens is 1. The predicted octanol–water partition coefficient (Wildman–Crippen LogP) is 0.957. The predicted molar refractivity (Wildman–Crippen MR) is 66.3 cm³/mol. The normalized spacial score (nSPS) is 10.6. The van der Waals surface area contributed by atoms with Gasteiger partial charge in [0.1, 0.15) is 6.61 Å². The van der Waals surface area contributed by atoms with Gasteiger partial charge in [-0.15, -0.1) is 0 Å². The number of methoxy groups -OCH3 is 2. The molecular formula is C12H14N2O4. The summed E-state index contributed by atoms with van der Waals surface area (Å²) in [5.74, 6) is 1.06. The van der Waals surface area contributed by atoms with Crippen molar-refractivity contribution in [1.29, 1.82) is 0 Å². The molecule has 6 heteroatoms. The molecule has 0 atom stereocenters. The highest BCUT2D eigenvalue weighted by atomic mass is 16.5. The van der Waals surface area contributed by atoms with Crippen molar-refractivity contribution in [3.63, 3.8) is 0 Å². The maximum atomic E-state index is 11.6. The van der Waals surface area contributed by atoms with Gasteiger partial charge in [0.25, 0.3) is 0 Å². The van der Waals surface area contributed by atoms with E-state index in [9.17, 15) is 4.79 Å². The molecule has 1 N–H and O–H groups in total. The number of fused-ring (bicyclic) bond motifs is 1. The Hall–Kier alpha value is -2.08. The van der Waals surface area contributed by atoms with Crippen LogP contribution in [0.5, 0.6) is 11.5 Å². The lowest BCUT2D eigenvalue weighted by molar-refractivity contribution is 0.144. The highest BCUT2D eigenvalue weighted by Crippen LogP contribution is 2.30. The van der Waals surface area contributed by atoms with E-state index in [0.717, 1.165) is 0 Å². The van der Waals surface area contributed by atoms with Crippen LogP contribution in [-0.2, 0) is 4.74 Å². The summed E-state index contributed by atoms with van der Waals surface area (Å²) in [5.41, 5.74) is 0.446. The minimum absolute atomic E-state index is 0.162. The van der Waals surface area contributed by atoms with E-state index in [-0.39, 0.29) is 5.43 Å². The van der Waals surface area contributed by atoms with Crippen molar-refractivity contribution in [2.75, 3.05) is 27.4 Å². The van der Waals surface area contributed by atoms with E-state index < -0.39 is 0 Å². The molecule has 0 aliphatic carbocycles. The maximum Gasteiger partial charge on any atom is 0.208 e. The molecule has 1 heterocycles. The van der Waals surface area contributed by atoms with Gasteiger partial charge in [0, 0.05) is 13.2 Å². The minimum atomic E-state index is -0.162. The Bertz CT molecular complexity index is 594. The minimum Gasteiger partial charge on any atom is -0.493 e. The molecule has 18 heavy (non-hydrogen) atoms. The van der Waals surface area contributed by atoms with Crippen LogP contribution in [0.2, 0.25) is 0 Å². The Morgan fingerprint density at radius 1 is 1.22 bits per heavy atom. The van der Waals surface area contributed by atoms with E-state index in [4.69, 9.17) is 14.2 Å². The molecular weight excluding hydrogens is 236 g/mol. The lowest BCUT2D eigenvalue weighted by atomic mass is 10.2. The number of nitrogens with zero attached hydrogens (tertiary/aromatic N) is 1. The quantitative estimate of drug-likeness (QED) is 0.800. The Kier molecular flexibility index (Phi) is 3.78. The third-order valence-corrected chi connectivity index (χ3v) is 2.48. The number of rotatable bonds is 5. The van der Waals surface area contributed by atoms with Crippen LogP contribution in [0.4, 0.5) is 0 Å². The number of ether oxygens (including phenoxy) is 3. The topological polar surface area (TPSA) is 73.4 Å². The van der Waals surface area contributed by atoms with E-state index >= 15 is 0 Å². The zero-order valence-electron chi connectivity index (χ0n) is 10.2. The summed E-state index contributed by atoms with van der Waals surface area (Å²) < 4.78 is 15.6. The van der Waals surface area contributed by atoms with Crippen molar-refractivity contribution in [1.82, 2.24) is 10.2 Å². The molecule has 0 aliphatic heterocycles. The van der Waals surface area contributed by atoms with E-state index in [1.165, 1.54) is 13.3 Å². The molecule has 0 saturated heterocycles. The van der Waals surface area contributed by atoms with Crippen LogP contribution in [0.1, 0.15) is 0 Å². The molecule has 1 aromatic heterocycles. The molecule has 0 bridgehead atoms. The fraction of sp³-hybridized carbons (Fsp3) is 0.333. The number of aromatic nitrogens is 2.